The molecule has 20 heavy (non-hydrogen) atoms. The number of aromatic nitrogens is 1. The minimum atomic E-state index is -0.910. The Morgan fingerprint density at radius 1 is 1.15 bits per heavy atom. The molecule has 0 fully saturated rings. The molecule has 3 aromatic rings. The maximum absolute atomic E-state index is 11.0. The van der Waals surface area contributed by atoms with Gasteiger partial charge in [0.15, 0.2) is 0 Å². The van der Waals surface area contributed by atoms with Gasteiger partial charge in [0.05, 0.1) is 5.56 Å². The third kappa shape index (κ3) is 2.28. The van der Waals surface area contributed by atoms with E-state index in [1.54, 1.807) is 18.2 Å². The van der Waals surface area contributed by atoms with Gasteiger partial charge < -0.3 is 9.67 Å². The van der Waals surface area contributed by atoms with Gasteiger partial charge in [-0.3, -0.25) is 0 Å². The number of fused-ring (bicyclic) bond motifs is 1. The van der Waals surface area contributed by atoms with Gasteiger partial charge in [0.25, 0.3) is 0 Å². The van der Waals surface area contributed by atoms with Gasteiger partial charge in [0.1, 0.15) is 0 Å². The van der Waals surface area contributed by atoms with Crippen molar-refractivity contribution in [3.8, 4) is 0 Å². The molecule has 2 aromatic carbocycles. The highest BCUT2D eigenvalue weighted by Gasteiger charge is 2.06. The third-order valence-corrected chi connectivity index (χ3v) is 3.62. The number of aromatic carboxylic acids is 1. The van der Waals surface area contributed by atoms with Gasteiger partial charge in [-0.25, -0.2) is 4.79 Å². The van der Waals surface area contributed by atoms with Gasteiger partial charge in [-0.05, 0) is 35.9 Å². The summed E-state index contributed by atoms with van der Waals surface area (Å²) in [5.74, 6) is -0.910. The molecule has 3 nitrogen and oxygen atoms in total. The number of nitrogens with zero attached hydrogens (tertiary/aromatic N) is 1. The van der Waals surface area contributed by atoms with Crippen LogP contribution in [0.3, 0.4) is 0 Å². The zero-order chi connectivity index (χ0) is 14.1. The number of hydrogen-bond donors (Lipinski definition) is 1. The van der Waals surface area contributed by atoms with E-state index in [9.17, 15) is 4.79 Å². The van der Waals surface area contributed by atoms with Crippen molar-refractivity contribution >= 4 is 28.5 Å². The topological polar surface area (TPSA) is 42.2 Å². The fourth-order valence-corrected chi connectivity index (χ4v) is 2.56. The van der Waals surface area contributed by atoms with Gasteiger partial charge in [-0.2, -0.15) is 0 Å². The number of hydrogen-bond acceptors (Lipinski definition) is 1. The van der Waals surface area contributed by atoms with Crippen LogP contribution in [0.5, 0.6) is 0 Å². The van der Waals surface area contributed by atoms with E-state index in [1.165, 1.54) is 0 Å². The second kappa shape index (κ2) is 5.02. The summed E-state index contributed by atoms with van der Waals surface area (Å²) >= 11 is 6.15. The van der Waals surface area contributed by atoms with E-state index in [0.717, 1.165) is 21.5 Å². The summed E-state index contributed by atoms with van der Waals surface area (Å²) in [5.41, 5.74) is 2.29. The number of halogens is 1. The molecule has 0 amide bonds. The SMILES string of the molecule is O=C(O)c1cccc(Cn2ccc3c(Cl)cccc32)c1. The molecule has 3 rings (SSSR count). The Morgan fingerprint density at radius 3 is 2.75 bits per heavy atom. The minimum Gasteiger partial charge on any atom is -0.478 e. The van der Waals surface area contributed by atoms with Crippen molar-refractivity contribution in [2.75, 3.05) is 0 Å². The van der Waals surface area contributed by atoms with Crippen molar-refractivity contribution < 1.29 is 9.90 Å². The molecule has 0 aliphatic carbocycles. The smallest absolute Gasteiger partial charge is 0.335 e. The highest BCUT2D eigenvalue weighted by molar-refractivity contribution is 6.35. The molecular weight excluding hydrogens is 274 g/mol. The van der Waals surface area contributed by atoms with Crippen LogP contribution in [0, 0.1) is 0 Å². The Kier molecular flexibility index (Phi) is 3.20. The van der Waals surface area contributed by atoms with Crippen LogP contribution in [0.2, 0.25) is 5.02 Å². The van der Waals surface area contributed by atoms with Crippen LogP contribution >= 0.6 is 11.6 Å². The first kappa shape index (κ1) is 12.8. The van der Waals surface area contributed by atoms with Gasteiger partial charge >= 0.3 is 5.97 Å². The number of carboxylic acids is 1. The first-order valence-electron chi connectivity index (χ1n) is 6.21. The average molecular weight is 286 g/mol. The molecule has 1 aromatic heterocycles. The van der Waals surface area contributed by atoms with Gasteiger partial charge in [0, 0.05) is 28.7 Å². The van der Waals surface area contributed by atoms with Crippen LogP contribution in [0.15, 0.2) is 54.7 Å². The summed E-state index contributed by atoms with van der Waals surface area (Å²) in [6.07, 6.45) is 1.96. The molecule has 0 spiro atoms. The maximum Gasteiger partial charge on any atom is 0.335 e. The Hall–Kier alpha value is -2.26. The molecule has 0 saturated carbocycles. The normalized spacial score (nSPS) is 10.8. The summed E-state index contributed by atoms with van der Waals surface area (Å²) in [6, 6.07) is 14.7. The molecule has 0 unspecified atom stereocenters. The number of benzene rings is 2. The standard InChI is InChI=1S/C16H12ClNO2/c17-14-5-2-6-15-13(14)7-8-18(15)10-11-3-1-4-12(9-11)16(19)20/h1-9H,10H2,(H,19,20). The van der Waals surface area contributed by atoms with Crippen molar-refractivity contribution in [3.63, 3.8) is 0 Å². The molecule has 0 radical (unpaired) electrons. The van der Waals surface area contributed by atoms with Gasteiger partial charge in [-0.1, -0.05) is 29.8 Å². The van der Waals surface area contributed by atoms with Crippen molar-refractivity contribution in [1.29, 1.82) is 0 Å². The van der Waals surface area contributed by atoms with E-state index in [4.69, 9.17) is 16.7 Å². The van der Waals surface area contributed by atoms with E-state index >= 15 is 0 Å². The summed E-state index contributed by atoms with van der Waals surface area (Å²) < 4.78 is 2.06. The van der Waals surface area contributed by atoms with Gasteiger partial charge in [0.2, 0.25) is 0 Å². The van der Waals surface area contributed by atoms with E-state index in [0.29, 0.717) is 12.1 Å². The maximum atomic E-state index is 11.0. The third-order valence-electron chi connectivity index (χ3n) is 3.29. The van der Waals surface area contributed by atoms with Crippen LogP contribution in [-0.2, 0) is 6.54 Å². The van der Waals surface area contributed by atoms with Crippen molar-refractivity contribution in [2.45, 2.75) is 6.54 Å². The van der Waals surface area contributed by atoms with Crippen molar-refractivity contribution in [2.24, 2.45) is 0 Å². The van der Waals surface area contributed by atoms with E-state index in [-0.39, 0.29) is 0 Å². The molecule has 100 valence electrons. The van der Waals surface area contributed by atoms with Crippen LogP contribution in [0.1, 0.15) is 15.9 Å². The fourth-order valence-electron chi connectivity index (χ4n) is 2.32. The van der Waals surface area contributed by atoms with Crippen molar-refractivity contribution in [3.05, 3.63) is 70.9 Å². The zero-order valence-electron chi connectivity index (χ0n) is 10.6. The van der Waals surface area contributed by atoms with Crippen molar-refractivity contribution in [1.82, 2.24) is 4.57 Å². The molecule has 0 saturated heterocycles. The monoisotopic (exact) mass is 285 g/mol. The van der Waals surface area contributed by atoms with E-state index < -0.39 is 5.97 Å². The molecule has 4 heteroatoms. The molecule has 0 atom stereocenters. The fraction of sp³-hybridized carbons (Fsp3) is 0.0625. The van der Waals surface area contributed by atoms with E-state index in [1.807, 2.05) is 36.5 Å². The Morgan fingerprint density at radius 2 is 1.95 bits per heavy atom. The zero-order valence-corrected chi connectivity index (χ0v) is 11.3. The number of carbonyl (C=O) groups is 1. The molecule has 0 aliphatic heterocycles. The average Bonchev–Trinajstić information content (AvgIpc) is 2.84. The summed E-state index contributed by atoms with van der Waals surface area (Å²) in [6.45, 7) is 0.616. The second-order valence-corrected chi connectivity index (χ2v) is 5.03. The molecule has 1 heterocycles. The predicted octanol–water partition coefficient (Wildman–Crippen LogP) is 4.04. The van der Waals surface area contributed by atoms with E-state index in [2.05, 4.69) is 4.57 Å². The minimum absolute atomic E-state index is 0.303. The lowest BCUT2D eigenvalue weighted by Crippen LogP contribution is -2.01. The predicted molar refractivity (Wildman–Crippen MR) is 79.5 cm³/mol. The quantitative estimate of drug-likeness (QED) is 0.789. The second-order valence-electron chi connectivity index (χ2n) is 4.62. The summed E-state index contributed by atoms with van der Waals surface area (Å²) in [7, 11) is 0. The largest absolute Gasteiger partial charge is 0.478 e. The lowest BCUT2D eigenvalue weighted by Gasteiger charge is -2.07. The van der Waals surface area contributed by atoms with Crippen LogP contribution < -0.4 is 0 Å². The molecule has 1 N–H and O–H groups in total. The van der Waals surface area contributed by atoms with Crippen LogP contribution in [0.4, 0.5) is 0 Å². The van der Waals surface area contributed by atoms with Crippen LogP contribution in [-0.4, -0.2) is 15.6 Å². The molecule has 0 bridgehead atoms. The Bertz CT molecular complexity index is 792. The summed E-state index contributed by atoms with van der Waals surface area (Å²) in [4.78, 5) is 11.0. The first-order chi connectivity index (χ1) is 9.65. The highest BCUT2D eigenvalue weighted by atomic mass is 35.5. The highest BCUT2D eigenvalue weighted by Crippen LogP contribution is 2.24. The number of rotatable bonds is 3. The molecule has 0 aliphatic rings. The lowest BCUT2D eigenvalue weighted by molar-refractivity contribution is 0.0696. The number of carboxylic acid groups (broad SMARTS) is 1. The Balaban J connectivity index is 1.99. The van der Waals surface area contributed by atoms with Crippen LogP contribution in [0.25, 0.3) is 10.9 Å². The first-order valence-corrected chi connectivity index (χ1v) is 6.58. The lowest BCUT2D eigenvalue weighted by atomic mass is 10.1. The summed E-state index contributed by atoms with van der Waals surface area (Å²) in [5, 5.41) is 10.7. The molecular formula is C16H12ClNO2. The van der Waals surface area contributed by atoms with Gasteiger partial charge in [-0.15, -0.1) is 0 Å². The Labute approximate surface area is 121 Å².